The van der Waals surface area contributed by atoms with Gasteiger partial charge in [0.15, 0.2) is 5.69 Å². The molecule has 0 aliphatic rings. The van der Waals surface area contributed by atoms with Gasteiger partial charge in [0.2, 0.25) is 5.91 Å². The van der Waals surface area contributed by atoms with Crippen LogP contribution >= 0.6 is 0 Å². The van der Waals surface area contributed by atoms with Gasteiger partial charge in [-0.1, -0.05) is 60.8 Å². The molecule has 0 aliphatic heterocycles. The summed E-state index contributed by atoms with van der Waals surface area (Å²) in [6.07, 6.45) is 5.32. The molecule has 1 atom stereocenters. The molecule has 184 valence electrons. The second-order valence-electron chi connectivity index (χ2n) is 9.71. The van der Waals surface area contributed by atoms with Crippen LogP contribution in [0.25, 0.3) is 0 Å². The lowest BCUT2D eigenvalue weighted by molar-refractivity contribution is -0.120. The molecule has 0 radical (unpaired) electrons. The van der Waals surface area contributed by atoms with Crippen LogP contribution in [0.3, 0.4) is 0 Å². The Balaban J connectivity index is 3.36. The summed E-state index contributed by atoms with van der Waals surface area (Å²) in [5.41, 5.74) is 5.25. The smallest absolute Gasteiger partial charge is 0.330 e. The largest absolute Gasteiger partial charge is 0.383 e. The highest BCUT2D eigenvalue weighted by atomic mass is 16.2. The number of nitrogens with one attached hydrogen (secondary N) is 1. The lowest BCUT2D eigenvalue weighted by Crippen LogP contribution is -2.48. The molecule has 0 saturated heterocycles. The van der Waals surface area contributed by atoms with E-state index in [1.807, 2.05) is 27.7 Å². The number of hydrogen-bond donors (Lipinski definition) is 2. The van der Waals surface area contributed by atoms with Crippen LogP contribution in [0.5, 0.6) is 0 Å². The maximum Gasteiger partial charge on any atom is 0.330 e. The van der Waals surface area contributed by atoms with Crippen molar-refractivity contribution in [2.75, 3.05) is 30.3 Å². The van der Waals surface area contributed by atoms with Gasteiger partial charge >= 0.3 is 5.69 Å². The van der Waals surface area contributed by atoms with Gasteiger partial charge in [0, 0.05) is 19.1 Å². The predicted molar refractivity (Wildman–Crippen MR) is 133 cm³/mol. The van der Waals surface area contributed by atoms with E-state index in [2.05, 4.69) is 30.7 Å². The Labute approximate surface area is 193 Å². The van der Waals surface area contributed by atoms with Gasteiger partial charge in [-0.15, -0.1) is 0 Å². The maximum atomic E-state index is 13.5. The summed E-state index contributed by atoms with van der Waals surface area (Å²) in [5.74, 6) is 0.183. The first-order chi connectivity index (χ1) is 15.0. The van der Waals surface area contributed by atoms with Crippen LogP contribution in [0.1, 0.15) is 80.6 Å². The van der Waals surface area contributed by atoms with Crippen LogP contribution < -0.4 is 21.9 Å². The number of aromatic nitrogens is 2. The van der Waals surface area contributed by atoms with Crippen molar-refractivity contribution in [3.8, 4) is 0 Å². The Morgan fingerprint density at radius 2 is 1.69 bits per heavy atom. The van der Waals surface area contributed by atoms with Crippen molar-refractivity contribution in [3.05, 3.63) is 20.8 Å². The molecule has 1 heterocycles. The molecule has 1 aromatic heterocycles. The summed E-state index contributed by atoms with van der Waals surface area (Å²) in [4.78, 5) is 44.8. The van der Waals surface area contributed by atoms with E-state index in [1.54, 1.807) is 0 Å². The molecular weight excluding hydrogens is 406 g/mol. The zero-order valence-electron chi connectivity index (χ0n) is 21.2. The number of nitrogens with zero attached hydrogens (tertiary/aromatic N) is 3. The van der Waals surface area contributed by atoms with Gasteiger partial charge in [-0.2, -0.15) is 0 Å². The molecule has 0 bridgehead atoms. The number of nitrogens with two attached hydrogens (primary N) is 1. The number of unbranched alkanes of at least 4 members (excludes halogenated alkanes) is 2. The third-order valence-corrected chi connectivity index (χ3v) is 5.60. The molecule has 32 heavy (non-hydrogen) atoms. The highest BCUT2D eigenvalue weighted by Crippen LogP contribution is 2.20. The van der Waals surface area contributed by atoms with Gasteiger partial charge in [0.05, 0.1) is 6.54 Å². The quantitative estimate of drug-likeness (QED) is 0.422. The normalized spacial score (nSPS) is 12.7. The first kappa shape index (κ1) is 27.9. The van der Waals surface area contributed by atoms with Gasteiger partial charge in [0.25, 0.3) is 5.56 Å². The van der Waals surface area contributed by atoms with Gasteiger partial charge < -0.3 is 10.6 Å². The zero-order valence-corrected chi connectivity index (χ0v) is 21.2. The molecule has 0 spiro atoms. The number of aromatic amines is 1. The monoisotopic (exact) mass is 451 g/mol. The minimum absolute atomic E-state index is 0.0561. The van der Waals surface area contributed by atoms with Crippen molar-refractivity contribution >= 4 is 17.4 Å². The molecule has 1 aromatic rings. The lowest BCUT2D eigenvalue weighted by atomic mass is 10.1. The Bertz CT molecular complexity index is 828. The van der Waals surface area contributed by atoms with E-state index in [4.69, 9.17) is 5.73 Å². The highest BCUT2D eigenvalue weighted by molar-refractivity contribution is 5.96. The van der Waals surface area contributed by atoms with Crippen LogP contribution in [0.15, 0.2) is 9.59 Å². The number of nitrogen functional groups attached to an aromatic ring is 1. The van der Waals surface area contributed by atoms with Crippen molar-refractivity contribution in [2.24, 2.45) is 11.8 Å². The third-order valence-electron chi connectivity index (χ3n) is 5.60. The van der Waals surface area contributed by atoms with Crippen LogP contribution in [0.2, 0.25) is 0 Å². The van der Waals surface area contributed by atoms with Crippen LogP contribution in [-0.4, -0.2) is 46.0 Å². The number of H-pyrrole nitrogens is 1. The zero-order chi connectivity index (χ0) is 24.4. The molecule has 8 heteroatoms. The van der Waals surface area contributed by atoms with Gasteiger partial charge in [0.1, 0.15) is 5.82 Å². The number of carbonyl (C=O) groups excluding carboxylic acids is 1. The summed E-state index contributed by atoms with van der Waals surface area (Å²) in [5, 5.41) is 0. The molecule has 8 nitrogen and oxygen atoms in total. The highest BCUT2D eigenvalue weighted by Gasteiger charge is 2.27. The minimum Gasteiger partial charge on any atom is -0.383 e. The van der Waals surface area contributed by atoms with Crippen LogP contribution in [0, 0.1) is 11.8 Å². The number of anilines is 2. The second-order valence-corrected chi connectivity index (χ2v) is 9.71. The summed E-state index contributed by atoms with van der Waals surface area (Å²) >= 11 is 0. The minimum atomic E-state index is -0.611. The summed E-state index contributed by atoms with van der Waals surface area (Å²) in [6.45, 7) is 16.2. The van der Waals surface area contributed by atoms with E-state index >= 15 is 0 Å². The fourth-order valence-electron chi connectivity index (χ4n) is 3.95. The number of carbonyl (C=O) groups is 1. The molecule has 3 N–H and O–H groups in total. The first-order valence-electron chi connectivity index (χ1n) is 12.2. The van der Waals surface area contributed by atoms with Crippen molar-refractivity contribution in [3.63, 3.8) is 0 Å². The average Bonchev–Trinajstić information content (AvgIpc) is 2.69. The van der Waals surface area contributed by atoms with E-state index in [0.29, 0.717) is 13.1 Å². The van der Waals surface area contributed by atoms with Crippen molar-refractivity contribution in [1.29, 1.82) is 0 Å². The molecule has 1 amide bonds. The first-order valence-corrected chi connectivity index (χ1v) is 12.2. The SMILES string of the molecule is CCCCCN(CC(=O)N(CC(C)C)c1c(N)n(CC(C)C)c(=O)[nH]c1=O)[C@@H](C)CCC. The van der Waals surface area contributed by atoms with Crippen molar-refractivity contribution in [2.45, 2.75) is 93.2 Å². The maximum absolute atomic E-state index is 13.5. The molecule has 0 saturated carbocycles. The third kappa shape index (κ3) is 8.11. The molecule has 1 rings (SSSR count). The van der Waals surface area contributed by atoms with Gasteiger partial charge in [-0.25, -0.2) is 4.79 Å². The van der Waals surface area contributed by atoms with E-state index in [0.717, 1.165) is 38.6 Å². The fourth-order valence-corrected chi connectivity index (χ4v) is 3.95. The Kier molecular flexibility index (Phi) is 11.8. The van der Waals surface area contributed by atoms with E-state index in [-0.39, 0.29) is 41.8 Å². The van der Waals surface area contributed by atoms with Crippen molar-refractivity contribution < 1.29 is 4.79 Å². The van der Waals surface area contributed by atoms with Crippen molar-refractivity contribution in [1.82, 2.24) is 14.5 Å². The molecule has 0 unspecified atom stereocenters. The standard InChI is InChI=1S/C24H45N5O3/c1-8-10-11-13-27(19(7)12-9-2)16-20(30)28(14-17(3)4)21-22(25)29(15-18(5)6)24(32)26-23(21)31/h17-19H,8-16,25H2,1-7H3,(H,26,31,32)/t19-/m0/s1. The van der Waals surface area contributed by atoms with Crippen LogP contribution in [0.4, 0.5) is 11.5 Å². The summed E-state index contributed by atoms with van der Waals surface area (Å²) in [6, 6.07) is 0.271. The molecular formula is C24H45N5O3. The van der Waals surface area contributed by atoms with Gasteiger partial charge in [-0.05, 0) is 38.1 Å². The topological polar surface area (TPSA) is 104 Å². The Morgan fingerprint density at radius 3 is 2.22 bits per heavy atom. The van der Waals surface area contributed by atoms with Gasteiger partial charge in [-0.3, -0.25) is 24.0 Å². The molecule has 0 aliphatic carbocycles. The lowest BCUT2D eigenvalue weighted by Gasteiger charge is -2.32. The van der Waals surface area contributed by atoms with E-state index < -0.39 is 11.2 Å². The van der Waals surface area contributed by atoms with E-state index in [9.17, 15) is 14.4 Å². The van der Waals surface area contributed by atoms with E-state index in [1.165, 1.54) is 9.47 Å². The Hall–Kier alpha value is -2.09. The number of hydrogen-bond acceptors (Lipinski definition) is 5. The summed E-state index contributed by atoms with van der Waals surface area (Å²) < 4.78 is 1.36. The second kappa shape index (κ2) is 13.5. The molecule has 0 aromatic carbocycles. The number of rotatable bonds is 14. The Morgan fingerprint density at radius 1 is 1.03 bits per heavy atom. The van der Waals surface area contributed by atoms with Crippen LogP contribution in [-0.2, 0) is 11.3 Å². The number of amides is 1. The predicted octanol–water partition coefficient (Wildman–Crippen LogP) is 3.44. The fraction of sp³-hybridized carbons (Fsp3) is 0.792. The summed E-state index contributed by atoms with van der Waals surface area (Å²) in [7, 11) is 0. The molecule has 0 fully saturated rings. The average molecular weight is 452 g/mol.